The zero-order valence-corrected chi connectivity index (χ0v) is 11.5. The second kappa shape index (κ2) is 5.65. The minimum Gasteiger partial charge on any atom is -0.494 e. The van der Waals surface area contributed by atoms with Crippen LogP contribution in [0.15, 0.2) is 41.3 Å². The van der Waals surface area contributed by atoms with Gasteiger partial charge in [-0.25, -0.2) is 21.6 Å². The highest BCUT2D eigenvalue weighted by atomic mass is 32.2. The van der Waals surface area contributed by atoms with Crippen LogP contribution in [0.1, 0.15) is 0 Å². The van der Waals surface area contributed by atoms with Crippen molar-refractivity contribution in [3.63, 3.8) is 0 Å². The first-order valence-electron chi connectivity index (χ1n) is 5.65. The Morgan fingerprint density at radius 3 is 2.33 bits per heavy atom. The minimum atomic E-state index is -4.16. The summed E-state index contributed by atoms with van der Waals surface area (Å²) in [6.07, 6.45) is 0. The van der Waals surface area contributed by atoms with E-state index in [2.05, 4.69) is 4.74 Å². The van der Waals surface area contributed by atoms with Crippen LogP contribution in [0.3, 0.4) is 0 Å². The van der Waals surface area contributed by atoms with Gasteiger partial charge in [0.1, 0.15) is 11.6 Å². The lowest BCUT2D eigenvalue weighted by Gasteiger charge is -2.10. The number of ether oxygens (including phenoxy) is 1. The molecule has 0 aliphatic carbocycles. The predicted octanol–water partition coefficient (Wildman–Crippen LogP) is 2.91. The molecule has 0 aliphatic heterocycles. The number of benzene rings is 2. The minimum absolute atomic E-state index is 0.266. The van der Waals surface area contributed by atoms with E-state index in [1.165, 1.54) is 7.11 Å². The van der Waals surface area contributed by atoms with Gasteiger partial charge in [-0.3, -0.25) is 4.72 Å². The van der Waals surface area contributed by atoms with E-state index < -0.39 is 33.2 Å². The first-order valence-corrected chi connectivity index (χ1v) is 7.13. The molecule has 8 heteroatoms. The van der Waals surface area contributed by atoms with Crippen LogP contribution >= 0.6 is 0 Å². The fourth-order valence-electron chi connectivity index (χ4n) is 1.58. The maximum atomic E-state index is 13.5. The average molecular weight is 317 g/mol. The van der Waals surface area contributed by atoms with Crippen molar-refractivity contribution < 1.29 is 26.3 Å². The lowest BCUT2D eigenvalue weighted by Crippen LogP contribution is -2.14. The third kappa shape index (κ3) is 3.27. The van der Waals surface area contributed by atoms with Gasteiger partial charge in [-0.15, -0.1) is 0 Å². The number of hydrogen-bond acceptors (Lipinski definition) is 3. The standard InChI is InChI=1S/C13H10F3NO3S/c1-20-13-7-9(3-4-10(13)15)21(18,19)17-12-5-2-8(14)6-11(12)16/h2-7,17H,1H3. The number of nitrogens with one attached hydrogen (secondary N) is 1. The topological polar surface area (TPSA) is 55.4 Å². The quantitative estimate of drug-likeness (QED) is 0.943. The van der Waals surface area contributed by atoms with Crippen LogP contribution in [0.2, 0.25) is 0 Å². The van der Waals surface area contributed by atoms with Crippen molar-refractivity contribution in [2.45, 2.75) is 4.90 Å². The molecule has 0 atom stereocenters. The Morgan fingerprint density at radius 1 is 1.00 bits per heavy atom. The maximum Gasteiger partial charge on any atom is 0.262 e. The van der Waals surface area contributed by atoms with Crippen molar-refractivity contribution in [1.82, 2.24) is 0 Å². The molecule has 0 bridgehead atoms. The van der Waals surface area contributed by atoms with Crippen LogP contribution in [0.4, 0.5) is 18.9 Å². The Labute approximate surface area is 119 Å². The number of hydrogen-bond donors (Lipinski definition) is 1. The van der Waals surface area contributed by atoms with Crippen LogP contribution in [0.5, 0.6) is 5.75 Å². The molecule has 0 radical (unpaired) electrons. The highest BCUT2D eigenvalue weighted by molar-refractivity contribution is 7.92. The largest absolute Gasteiger partial charge is 0.494 e. The van der Waals surface area contributed by atoms with E-state index >= 15 is 0 Å². The summed E-state index contributed by atoms with van der Waals surface area (Å²) in [4.78, 5) is -0.315. The van der Waals surface area contributed by atoms with Gasteiger partial charge in [0.15, 0.2) is 11.6 Å². The van der Waals surface area contributed by atoms with Gasteiger partial charge in [-0.2, -0.15) is 0 Å². The SMILES string of the molecule is COc1cc(S(=O)(=O)Nc2ccc(F)cc2F)ccc1F. The van der Waals surface area contributed by atoms with Gasteiger partial charge in [-0.1, -0.05) is 0 Å². The molecular formula is C13H10F3NO3S. The Balaban J connectivity index is 2.38. The molecule has 0 saturated heterocycles. The molecule has 2 aromatic carbocycles. The summed E-state index contributed by atoms with van der Waals surface area (Å²) in [5.41, 5.74) is -0.417. The van der Waals surface area contributed by atoms with E-state index in [0.29, 0.717) is 6.07 Å². The van der Waals surface area contributed by atoms with Crippen LogP contribution in [-0.2, 0) is 10.0 Å². The molecule has 2 aromatic rings. The van der Waals surface area contributed by atoms with Crippen molar-refractivity contribution in [3.05, 3.63) is 53.8 Å². The van der Waals surface area contributed by atoms with E-state index in [1.807, 2.05) is 4.72 Å². The van der Waals surface area contributed by atoms with E-state index in [0.717, 1.165) is 30.3 Å². The van der Waals surface area contributed by atoms with Gasteiger partial charge >= 0.3 is 0 Å². The molecule has 1 N–H and O–H groups in total. The third-order valence-corrected chi connectivity index (χ3v) is 3.97. The Morgan fingerprint density at radius 2 is 1.71 bits per heavy atom. The molecule has 112 valence electrons. The summed E-state index contributed by atoms with van der Waals surface area (Å²) in [7, 11) is -2.97. The van der Waals surface area contributed by atoms with E-state index in [-0.39, 0.29) is 10.6 Å². The predicted molar refractivity (Wildman–Crippen MR) is 70.1 cm³/mol. The number of sulfonamides is 1. The van der Waals surface area contributed by atoms with Crippen molar-refractivity contribution in [3.8, 4) is 5.75 Å². The molecule has 0 heterocycles. The number of rotatable bonds is 4. The Kier molecular flexibility index (Phi) is 4.08. The number of methoxy groups -OCH3 is 1. The molecule has 21 heavy (non-hydrogen) atoms. The van der Waals surface area contributed by atoms with Gasteiger partial charge in [-0.05, 0) is 24.3 Å². The smallest absolute Gasteiger partial charge is 0.262 e. The summed E-state index contributed by atoms with van der Waals surface area (Å²) in [5.74, 6) is -2.89. The molecule has 0 aliphatic rings. The first kappa shape index (κ1) is 15.2. The summed E-state index contributed by atoms with van der Waals surface area (Å²) >= 11 is 0. The molecule has 0 fully saturated rings. The van der Waals surface area contributed by atoms with Crippen molar-refractivity contribution in [2.75, 3.05) is 11.8 Å². The molecule has 0 spiro atoms. The van der Waals surface area contributed by atoms with E-state index in [1.54, 1.807) is 0 Å². The van der Waals surface area contributed by atoms with Gasteiger partial charge in [0.25, 0.3) is 10.0 Å². The highest BCUT2D eigenvalue weighted by Gasteiger charge is 2.18. The second-order valence-corrected chi connectivity index (χ2v) is 5.71. The Bertz CT molecular complexity index is 778. The van der Waals surface area contributed by atoms with Gasteiger partial charge in [0.05, 0.1) is 17.7 Å². The zero-order chi connectivity index (χ0) is 15.6. The second-order valence-electron chi connectivity index (χ2n) is 4.03. The molecule has 0 unspecified atom stereocenters. The van der Waals surface area contributed by atoms with Crippen molar-refractivity contribution in [2.24, 2.45) is 0 Å². The Hall–Kier alpha value is -2.22. The maximum absolute atomic E-state index is 13.5. The summed E-state index contributed by atoms with van der Waals surface area (Å²) < 4.78 is 70.2. The van der Waals surface area contributed by atoms with Gasteiger partial charge < -0.3 is 4.74 Å². The third-order valence-electron chi connectivity index (χ3n) is 2.61. The van der Waals surface area contributed by atoms with Crippen LogP contribution in [0.25, 0.3) is 0 Å². The molecule has 4 nitrogen and oxygen atoms in total. The number of halogens is 3. The van der Waals surface area contributed by atoms with Crippen molar-refractivity contribution >= 4 is 15.7 Å². The van der Waals surface area contributed by atoms with E-state index in [9.17, 15) is 21.6 Å². The zero-order valence-electron chi connectivity index (χ0n) is 10.7. The van der Waals surface area contributed by atoms with Crippen LogP contribution < -0.4 is 9.46 Å². The first-order chi connectivity index (χ1) is 9.83. The monoisotopic (exact) mass is 317 g/mol. The highest BCUT2D eigenvalue weighted by Crippen LogP contribution is 2.24. The molecule has 0 aromatic heterocycles. The van der Waals surface area contributed by atoms with E-state index in [4.69, 9.17) is 0 Å². The molecule has 2 rings (SSSR count). The van der Waals surface area contributed by atoms with Gasteiger partial charge in [0.2, 0.25) is 0 Å². The lowest BCUT2D eigenvalue weighted by atomic mass is 10.3. The molecule has 0 amide bonds. The summed E-state index contributed by atoms with van der Waals surface area (Å²) in [6.45, 7) is 0. The average Bonchev–Trinajstić information content (AvgIpc) is 2.42. The fourth-order valence-corrected chi connectivity index (χ4v) is 2.67. The number of anilines is 1. The van der Waals surface area contributed by atoms with Crippen LogP contribution in [-0.4, -0.2) is 15.5 Å². The van der Waals surface area contributed by atoms with Crippen molar-refractivity contribution in [1.29, 1.82) is 0 Å². The fraction of sp³-hybridized carbons (Fsp3) is 0.0769. The summed E-state index contributed by atoms with van der Waals surface area (Å²) in [6, 6.07) is 5.27. The normalized spacial score (nSPS) is 11.2. The van der Waals surface area contributed by atoms with Gasteiger partial charge in [0, 0.05) is 12.1 Å². The lowest BCUT2D eigenvalue weighted by molar-refractivity contribution is 0.385. The van der Waals surface area contributed by atoms with Crippen LogP contribution in [0, 0.1) is 17.5 Å². The summed E-state index contributed by atoms with van der Waals surface area (Å²) in [5, 5.41) is 0. The molecular weight excluding hydrogens is 307 g/mol. The molecule has 0 saturated carbocycles.